The monoisotopic (exact) mass is 255 g/mol. The first-order valence-corrected chi connectivity index (χ1v) is 7.12. The summed E-state index contributed by atoms with van der Waals surface area (Å²) in [6.45, 7) is 10.7. The molecule has 0 aliphatic carbocycles. The molecule has 3 N–H and O–H groups in total. The Hall–Kier alpha value is -0.450. The van der Waals surface area contributed by atoms with Crippen LogP contribution in [0.25, 0.3) is 0 Å². The van der Waals surface area contributed by atoms with Gasteiger partial charge in [0.1, 0.15) is 0 Å². The van der Waals surface area contributed by atoms with E-state index in [9.17, 15) is 0 Å². The van der Waals surface area contributed by atoms with E-state index in [1.807, 2.05) is 5.51 Å². The SMILES string of the molecule is Cc1ncsc1CNCCC(N)CC(C)(C)C. The van der Waals surface area contributed by atoms with Crippen molar-refractivity contribution < 1.29 is 0 Å². The molecule has 0 fully saturated rings. The largest absolute Gasteiger partial charge is 0.328 e. The van der Waals surface area contributed by atoms with Crippen LogP contribution in [0.2, 0.25) is 0 Å². The summed E-state index contributed by atoms with van der Waals surface area (Å²) in [7, 11) is 0. The second-order valence-corrected chi connectivity index (χ2v) is 6.79. The fraction of sp³-hybridized carbons (Fsp3) is 0.769. The fourth-order valence-corrected chi connectivity index (χ4v) is 2.62. The van der Waals surface area contributed by atoms with Crippen molar-refractivity contribution in [3.8, 4) is 0 Å². The number of nitrogens with one attached hydrogen (secondary N) is 1. The molecule has 0 spiro atoms. The highest BCUT2D eigenvalue weighted by Gasteiger charge is 2.15. The number of rotatable bonds is 6. The molecule has 0 aliphatic heterocycles. The van der Waals surface area contributed by atoms with Gasteiger partial charge in [0.25, 0.3) is 0 Å². The van der Waals surface area contributed by atoms with Gasteiger partial charge >= 0.3 is 0 Å². The Morgan fingerprint density at radius 2 is 2.18 bits per heavy atom. The lowest BCUT2D eigenvalue weighted by molar-refractivity contribution is 0.329. The summed E-state index contributed by atoms with van der Waals surface area (Å²) in [5.74, 6) is 0. The second-order valence-electron chi connectivity index (χ2n) is 5.85. The Morgan fingerprint density at radius 3 is 2.71 bits per heavy atom. The highest BCUT2D eigenvalue weighted by molar-refractivity contribution is 7.09. The van der Waals surface area contributed by atoms with E-state index in [-0.39, 0.29) is 0 Å². The third-order valence-corrected chi connectivity index (χ3v) is 3.63. The molecule has 1 unspecified atom stereocenters. The maximum atomic E-state index is 6.10. The number of aromatic nitrogens is 1. The van der Waals surface area contributed by atoms with Crippen LogP contribution in [0.5, 0.6) is 0 Å². The van der Waals surface area contributed by atoms with E-state index < -0.39 is 0 Å². The van der Waals surface area contributed by atoms with Crippen LogP contribution in [0.4, 0.5) is 0 Å². The van der Waals surface area contributed by atoms with Crippen molar-refractivity contribution in [3.05, 3.63) is 16.1 Å². The minimum absolute atomic E-state index is 0.296. The Labute approximate surface area is 109 Å². The third-order valence-electron chi connectivity index (χ3n) is 2.70. The zero-order valence-electron chi connectivity index (χ0n) is 11.4. The summed E-state index contributed by atoms with van der Waals surface area (Å²) < 4.78 is 0. The lowest BCUT2D eigenvalue weighted by Gasteiger charge is -2.23. The summed E-state index contributed by atoms with van der Waals surface area (Å²) in [6.07, 6.45) is 2.11. The van der Waals surface area contributed by atoms with Crippen molar-refractivity contribution in [2.24, 2.45) is 11.1 Å². The van der Waals surface area contributed by atoms with E-state index in [0.29, 0.717) is 11.5 Å². The maximum absolute atomic E-state index is 6.10. The standard InChI is InChI=1S/C13H25N3S/c1-10-12(17-9-16-10)8-15-6-5-11(14)7-13(2,3)4/h9,11,15H,5-8,14H2,1-4H3. The Kier molecular flexibility index (Phi) is 5.56. The summed E-state index contributed by atoms with van der Waals surface area (Å²) >= 11 is 1.71. The van der Waals surface area contributed by atoms with Gasteiger partial charge in [-0.3, -0.25) is 0 Å². The number of thiazole rings is 1. The lowest BCUT2D eigenvalue weighted by atomic mass is 9.87. The number of hydrogen-bond acceptors (Lipinski definition) is 4. The second kappa shape index (κ2) is 6.47. The molecule has 98 valence electrons. The van der Waals surface area contributed by atoms with Crippen molar-refractivity contribution in [2.45, 2.75) is 53.1 Å². The number of aryl methyl sites for hydroxylation is 1. The first-order chi connectivity index (χ1) is 7.88. The number of hydrogen-bond donors (Lipinski definition) is 2. The van der Waals surface area contributed by atoms with Gasteiger partial charge in [-0.2, -0.15) is 0 Å². The Balaban J connectivity index is 2.14. The van der Waals surface area contributed by atoms with E-state index in [4.69, 9.17) is 5.73 Å². The molecule has 4 heteroatoms. The van der Waals surface area contributed by atoms with Gasteiger partial charge in [-0.25, -0.2) is 4.98 Å². The van der Waals surface area contributed by atoms with Crippen LogP contribution in [-0.4, -0.2) is 17.6 Å². The van der Waals surface area contributed by atoms with Crippen LogP contribution in [-0.2, 0) is 6.54 Å². The fourth-order valence-electron chi connectivity index (χ4n) is 1.87. The Bertz CT molecular complexity index is 328. The van der Waals surface area contributed by atoms with Gasteiger partial charge in [0.05, 0.1) is 11.2 Å². The maximum Gasteiger partial charge on any atom is 0.0798 e. The van der Waals surface area contributed by atoms with Gasteiger partial charge < -0.3 is 11.1 Å². The molecule has 17 heavy (non-hydrogen) atoms. The van der Waals surface area contributed by atoms with Crippen molar-refractivity contribution in [1.82, 2.24) is 10.3 Å². The first-order valence-electron chi connectivity index (χ1n) is 6.24. The molecular weight excluding hydrogens is 230 g/mol. The molecule has 1 atom stereocenters. The van der Waals surface area contributed by atoms with Gasteiger partial charge in [-0.15, -0.1) is 11.3 Å². The molecule has 3 nitrogen and oxygen atoms in total. The van der Waals surface area contributed by atoms with E-state index >= 15 is 0 Å². The third kappa shape index (κ3) is 6.15. The average molecular weight is 255 g/mol. The van der Waals surface area contributed by atoms with Crippen molar-refractivity contribution in [3.63, 3.8) is 0 Å². The highest BCUT2D eigenvalue weighted by atomic mass is 32.1. The zero-order chi connectivity index (χ0) is 12.9. The quantitative estimate of drug-likeness (QED) is 0.768. The van der Waals surface area contributed by atoms with Gasteiger partial charge in [-0.1, -0.05) is 20.8 Å². The summed E-state index contributed by atoms with van der Waals surface area (Å²) in [6, 6.07) is 0.296. The summed E-state index contributed by atoms with van der Waals surface area (Å²) in [5, 5.41) is 3.44. The molecule has 0 aromatic carbocycles. The molecule has 0 amide bonds. The van der Waals surface area contributed by atoms with Gasteiger partial charge in [0.2, 0.25) is 0 Å². The van der Waals surface area contributed by atoms with E-state index in [0.717, 1.165) is 31.6 Å². The van der Waals surface area contributed by atoms with Gasteiger partial charge in [0.15, 0.2) is 0 Å². The minimum atomic E-state index is 0.296. The van der Waals surface area contributed by atoms with Crippen molar-refractivity contribution in [2.75, 3.05) is 6.54 Å². The zero-order valence-corrected chi connectivity index (χ0v) is 12.2. The summed E-state index contributed by atoms with van der Waals surface area (Å²) in [5.41, 5.74) is 9.47. The summed E-state index contributed by atoms with van der Waals surface area (Å²) in [4.78, 5) is 5.56. The Morgan fingerprint density at radius 1 is 1.47 bits per heavy atom. The molecule has 1 rings (SSSR count). The van der Waals surface area contributed by atoms with Crippen LogP contribution < -0.4 is 11.1 Å². The van der Waals surface area contributed by atoms with Crippen LogP contribution in [0.15, 0.2) is 5.51 Å². The average Bonchev–Trinajstić information content (AvgIpc) is 2.56. The van der Waals surface area contributed by atoms with Crippen LogP contribution in [0.3, 0.4) is 0 Å². The van der Waals surface area contributed by atoms with E-state index in [1.165, 1.54) is 4.88 Å². The predicted molar refractivity (Wildman–Crippen MR) is 75.2 cm³/mol. The van der Waals surface area contributed by atoms with Crippen LogP contribution in [0.1, 0.15) is 44.2 Å². The molecule has 0 radical (unpaired) electrons. The predicted octanol–water partition coefficient (Wildman–Crippen LogP) is 2.69. The molecule has 1 aromatic heterocycles. The molecule has 0 saturated heterocycles. The molecular formula is C13H25N3S. The van der Waals surface area contributed by atoms with Crippen molar-refractivity contribution >= 4 is 11.3 Å². The number of nitrogens with zero attached hydrogens (tertiary/aromatic N) is 1. The minimum Gasteiger partial charge on any atom is -0.328 e. The van der Waals surface area contributed by atoms with Crippen LogP contribution >= 0.6 is 11.3 Å². The van der Waals surface area contributed by atoms with Crippen LogP contribution in [0, 0.1) is 12.3 Å². The molecule has 0 saturated carbocycles. The molecule has 1 heterocycles. The highest BCUT2D eigenvalue weighted by Crippen LogP contribution is 2.20. The topological polar surface area (TPSA) is 50.9 Å². The first kappa shape index (κ1) is 14.6. The molecule has 1 aromatic rings. The van der Waals surface area contributed by atoms with Gasteiger partial charge in [0, 0.05) is 17.5 Å². The van der Waals surface area contributed by atoms with E-state index in [1.54, 1.807) is 11.3 Å². The molecule has 0 aliphatic rings. The smallest absolute Gasteiger partial charge is 0.0798 e. The lowest BCUT2D eigenvalue weighted by Crippen LogP contribution is -2.30. The normalized spacial score (nSPS) is 13.9. The van der Waals surface area contributed by atoms with Gasteiger partial charge in [-0.05, 0) is 31.7 Å². The molecule has 0 bridgehead atoms. The van der Waals surface area contributed by atoms with E-state index in [2.05, 4.69) is 38.0 Å². The number of nitrogens with two attached hydrogens (primary N) is 1. The van der Waals surface area contributed by atoms with Crippen molar-refractivity contribution in [1.29, 1.82) is 0 Å².